The first-order chi connectivity index (χ1) is 11.7. The Balaban J connectivity index is 1.66. The average Bonchev–Trinajstić information content (AvgIpc) is 3.25. The molecule has 1 atom stereocenters. The quantitative estimate of drug-likeness (QED) is 0.806. The van der Waals surface area contributed by atoms with Crippen molar-refractivity contribution in [1.29, 1.82) is 0 Å². The fourth-order valence-electron chi connectivity index (χ4n) is 3.61. The molecular weight excluding hydrogens is 302 g/mol. The van der Waals surface area contributed by atoms with Gasteiger partial charge in [-0.15, -0.1) is 0 Å². The third kappa shape index (κ3) is 2.68. The summed E-state index contributed by atoms with van der Waals surface area (Å²) in [5.74, 6) is 0.0878. The van der Waals surface area contributed by atoms with Crippen LogP contribution in [-0.2, 0) is 6.54 Å². The van der Waals surface area contributed by atoms with Crippen molar-refractivity contribution in [3.05, 3.63) is 47.9 Å². The molecular formula is C18H21N5O. The maximum atomic E-state index is 13.3. The SMILES string of the molecule is Cc1cc(C(=O)N2CCCCC2Cn2cccn2)c2[nH]ncc2c1. The Bertz CT molecular complexity index is 852. The highest BCUT2D eigenvalue weighted by Crippen LogP contribution is 2.25. The number of nitrogens with one attached hydrogen (secondary N) is 1. The van der Waals surface area contributed by atoms with Gasteiger partial charge in [-0.1, -0.05) is 0 Å². The van der Waals surface area contributed by atoms with E-state index in [0.29, 0.717) is 0 Å². The number of carbonyl (C=O) groups excluding carboxylic acids is 1. The second kappa shape index (κ2) is 6.11. The van der Waals surface area contributed by atoms with Gasteiger partial charge in [0.1, 0.15) is 0 Å². The number of amides is 1. The molecule has 124 valence electrons. The van der Waals surface area contributed by atoms with Crippen molar-refractivity contribution in [3.8, 4) is 0 Å². The van der Waals surface area contributed by atoms with Crippen molar-refractivity contribution in [1.82, 2.24) is 24.9 Å². The van der Waals surface area contributed by atoms with Crippen LogP contribution in [0.2, 0.25) is 0 Å². The van der Waals surface area contributed by atoms with Gasteiger partial charge < -0.3 is 4.90 Å². The van der Waals surface area contributed by atoms with E-state index in [-0.39, 0.29) is 11.9 Å². The van der Waals surface area contributed by atoms with Crippen LogP contribution in [0.3, 0.4) is 0 Å². The predicted octanol–water partition coefficient (Wildman–Crippen LogP) is 2.76. The van der Waals surface area contributed by atoms with E-state index in [0.717, 1.165) is 54.4 Å². The fraction of sp³-hybridized carbons (Fsp3) is 0.389. The molecule has 0 spiro atoms. The topological polar surface area (TPSA) is 66.8 Å². The second-order valence-corrected chi connectivity index (χ2v) is 6.52. The first-order valence-corrected chi connectivity index (χ1v) is 8.44. The van der Waals surface area contributed by atoms with Crippen molar-refractivity contribution in [2.24, 2.45) is 0 Å². The number of aromatic amines is 1. The molecule has 1 unspecified atom stereocenters. The molecule has 1 N–H and O–H groups in total. The summed E-state index contributed by atoms with van der Waals surface area (Å²) in [5.41, 5.74) is 2.62. The molecule has 0 radical (unpaired) electrons. The van der Waals surface area contributed by atoms with E-state index in [2.05, 4.69) is 15.3 Å². The van der Waals surface area contributed by atoms with Gasteiger partial charge in [0.05, 0.1) is 29.9 Å². The lowest BCUT2D eigenvalue weighted by molar-refractivity contribution is 0.0585. The van der Waals surface area contributed by atoms with E-state index >= 15 is 0 Å². The van der Waals surface area contributed by atoms with Gasteiger partial charge in [0.15, 0.2) is 0 Å². The van der Waals surface area contributed by atoms with E-state index in [4.69, 9.17) is 0 Å². The molecule has 1 aliphatic rings. The number of aromatic nitrogens is 4. The van der Waals surface area contributed by atoms with E-state index in [9.17, 15) is 4.79 Å². The lowest BCUT2D eigenvalue weighted by Crippen LogP contribution is -2.46. The number of benzene rings is 1. The molecule has 1 fully saturated rings. The highest BCUT2D eigenvalue weighted by molar-refractivity contribution is 6.05. The summed E-state index contributed by atoms with van der Waals surface area (Å²) in [4.78, 5) is 15.3. The summed E-state index contributed by atoms with van der Waals surface area (Å²) >= 11 is 0. The minimum Gasteiger partial charge on any atom is -0.334 e. The number of H-pyrrole nitrogens is 1. The highest BCUT2D eigenvalue weighted by Gasteiger charge is 2.29. The van der Waals surface area contributed by atoms with E-state index < -0.39 is 0 Å². The van der Waals surface area contributed by atoms with Crippen LogP contribution in [0.1, 0.15) is 35.2 Å². The number of rotatable bonds is 3. The molecule has 4 rings (SSSR count). The molecule has 2 aromatic heterocycles. The van der Waals surface area contributed by atoms with Crippen LogP contribution in [0.25, 0.3) is 10.9 Å². The molecule has 6 nitrogen and oxygen atoms in total. The molecule has 3 heterocycles. The van der Waals surface area contributed by atoms with Crippen LogP contribution in [0.15, 0.2) is 36.8 Å². The van der Waals surface area contributed by atoms with Gasteiger partial charge in [-0.2, -0.15) is 10.2 Å². The lowest BCUT2D eigenvalue weighted by Gasteiger charge is -2.36. The molecule has 0 bridgehead atoms. The maximum absolute atomic E-state index is 13.3. The van der Waals surface area contributed by atoms with Crippen LogP contribution in [0.4, 0.5) is 0 Å². The van der Waals surface area contributed by atoms with Gasteiger partial charge >= 0.3 is 0 Å². The van der Waals surface area contributed by atoms with Gasteiger partial charge in [-0.25, -0.2) is 0 Å². The Hall–Kier alpha value is -2.63. The number of aryl methyl sites for hydroxylation is 1. The van der Waals surface area contributed by atoms with Crippen molar-refractivity contribution in [2.75, 3.05) is 6.54 Å². The molecule has 24 heavy (non-hydrogen) atoms. The monoisotopic (exact) mass is 323 g/mol. The van der Waals surface area contributed by atoms with Gasteiger partial charge in [0, 0.05) is 24.3 Å². The maximum Gasteiger partial charge on any atom is 0.256 e. The number of hydrogen-bond donors (Lipinski definition) is 1. The van der Waals surface area contributed by atoms with E-state index in [1.807, 2.05) is 40.9 Å². The summed E-state index contributed by atoms with van der Waals surface area (Å²) < 4.78 is 1.91. The largest absolute Gasteiger partial charge is 0.334 e. The van der Waals surface area contributed by atoms with Crippen LogP contribution in [0, 0.1) is 6.92 Å². The molecule has 1 aromatic carbocycles. The molecule has 3 aromatic rings. The van der Waals surface area contributed by atoms with Crippen LogP contribution < -0.4 is 0 Å². The minimum absolute atomic E-state index is 0.0878. The van der Waals surface area contributed by atoms with Crippen molar-refractivity contribution >= 4 is 16.8 Å². The third-order valence-corrected chi connectivity index (χ3v) is 4.77. The van der Waals surface area contributed by atoms with Crippen LogP contribution in [0.5, 0.6) is 0 Å². The lowest BCUT2D eigenvalue weighted by atomic mass is 9.99. The first kappa shape index (κ1) is 14.9. The number of likely N-dealkylation sites (tertiary alicyclic amines) is 1. The molecule has 0 aliphatic carbocycles. The summed E-state index contributed by atoms with van der Waals surface area (Å²) in [7, 11) is 0. The number of piperidine rings is 1. The molecule has 1 amide bonds. The highest BCUT2D eigenvalue weighted by atomic mass is 16.2. The Morgan fingerprint density at radius 2 is 2.29 bits per heavy atom. The Labute approximate surface area is 140 Å². The second-order valence-electron chi connectivity index (χ2n) is 6.52. The average molecular weight is 323 g/mol. The number of nitrogens with zero attached hydrogens (tertiary/aromatic N) is 4. The molecule has 0 saturated carbocycles. The van der Waals surface area contributed by atoms with Gasteiger partial charge in [0.2, 0.25) is 0 Å². The standard InChI is InChI=1S/C18H21N5O/c1-13-9-14-11-19-21-17(14)16(10-13)18(24)23-8-3-2-5-15(23)12-22-7-4-6-20-22/h4,6-7,9-11,15H,2-3,5,8,12H2,1H3,(H,19,21). The van der Waals surface area contributed by atoms with Crippen molar-refractivity contribution < 1.29 is 4.79 Å². The van der Waals surface area contributed by atoms with Gasteiger partial charge in [-0.3, -0.25) is 14.6 Å². The zero-order valence-electron chi connectivity index (χ0n) is 13.8. The van der Waals surface area contributed by atoms with E-state index in [1.54, 1.807) is 12.4 Å². The zero-order chi connectivity index (χ0) is 16.5. The summed E-state index contributed by atoms with van der Waals surface area (Å²) in [6.07, 6.45) is 8.74. The fourth-order valence-corrected chi connectivity index (χ4v) is 3.61. The molecule has 1 aliphatic heterocycles. The summed E-state index contributed by atoms with van der Waals surface area (Å²) in [5, 5.41) is 12.4. The Kier molecular flexibility index (Phi) is 3.80. The molecule has 1 saturated heterocycles. The number of hydrogen-bond acceptors (Lipinski definition) is 3. The third-order valence-electron chi connectivity index (χ3n) is 4.77. The normalized spacial score (nSPS) is 18.2. The van der Waals surface area contributed by atoms with Gasteiger partial charge in [0.25, 0.3) is 5.91 Å². The van der Waals surface area contributed by atoms with Crippen LogP contribution >= 0.6 is 0 Å². The summed E-state index contributed by atoms with van der Waals surface area (Å²) in [6, 6.07) is 6.11. The smallest absolute Gasteiger partial charge is 0.256 e. The number of carbonyl (C=O) groups is 1. The zero-order valence-corrected chi connectivity index (χ0v) is 13.8. The Morgan fingerprint density at radius 1 is 1.38 bits per heavy atom. The predicted molar refractivity (Wildman–Crippen MR) is 91.7 cm³/mol. The van der Waals surface area contributed by atoms with Gasteiger partial charge in [-0.05, 0) is 49.9 Å². The van der Waals surface area contributed by atoms with Crippen molar-refractivity contribution in [2.45, 2.75) is 38.8 Å². The Morgan fingerprint density at radius 3 is 3.12 bits per heavy atom. The first-order valence-electron chi connectivity index (χ1n) is 8.44. The summed E-state index contributed by atoms with van der Waals surface area (Å²) in [6.45, 7) is 3.56. The van der Waals surface area contributed by atoms with Crippen molar-refractivity contribution in [3.63, 3.8) is 0 Å². The molecule has 6 heteroatoms. The van der Waals surface area contributed by atoms with E-state index in [1.165, 1.54) is 0 Å². The number of fused-ring (bicyclic) bond motifs is 1. The minimum atomic E-state index is 0.0878. The van der Waals surface area contributed by atoms with Crippen LogP contribution in [-0.4, -0.2) is 43.4 Å².